The summed E-state index contributed by atoms with van der Waals surface area (Å²) in [7, 11) is 0. The molecule has 170 valence electrons. The summed E-state index contributed by atoms with van der Waals surface area (Å²) in [4.78, 5) is 41.7. The Morgan fingerprint density at radius 2 is 1.88 bits per heavy atom. The van der Waals surface area contributed by atoms with E-state index in [-0.39, 0.29) is 18.6 Å². The molecule has 2 unspecified atom stereocenters. The smallest absolute Gasteiger partial charge is 0.416 e. The highest BCUT2D eigenvalue weighted by Gasteiger charge is 2.36. The number of nitrogens with one attached hydrogen (secondary N) is 1. The van der Waals surface area contributed by atoms with Crippen LogP contribution < -0.4 is 11.2 Å². The topological polar surface area (TPSA) is 95.4 Å². The SMILES string of the molecule is O=C(O)C1CN(CCn2c(=O)[nH]c3sccc3c2=O)CCC1c1ccc(C(F)(F)F)cc1. The average Bonchev–Trinajstić information content (AvgIpc) is 3.21. The van der Waals surface area contributed by atoms with Gasteiger partial charge in [-0.15, -0.1) is 11.3 Å². The van der Waals surface area contributed by atoms with Gasteiger partial charge in [0.2, 0.25) is 0 Å². The van der Waals surface area contributed by atoms with E-state index in [9.17, 15) is 32.7 Å². The molecule has 1 aromatic carbocycles. The number of likely N-dealkylation sites (tertiary alicyclic amines) is 1. The minimum Gasteiger partial charge on any atom is -0.481 e. The number of fused-ring (bicyclic) bond motifs is 1. The van der Waals surface area contributed by atoms with Crippen LogP contribution in [0.5, 0.6) is 0 Å². The van der Waals surface area contributed by atoms with Crippen molar-refractivity contribution in [3.63, 3.8) is 0 Å². The maximum atomic E-state index is 12.8. The van der Waals surface area contributed by atoms with Crippen molar-refractivity contribution in [1.29, 1.82) is 0 Å². The van der Waals surface area contributed by atoms with Crippen LogP contribution in [0.3, 0.4) is 0 Å². The van der Waals surface area contributed by atoms with Crippen LogP contribution in [-0.2, 0) is 17.5 Å². The first-order valence-electron chi connectivity index (χ1n) is 9.98. The third-order valence-corrected chi connectivity index (χ3v) is 6.76. The molecule has 1 fully saturated rings. The average molecular weight is 467 g/mol. The first-order chi connectivity index (χ1) is 15.1. The number of aromatic nitrogens is 2. The number of hydrogen-bond donors (Lipinski definition) is 2. The van der Waals surface area contributed by atoms with Crippen molar-refractivity contribution >= 4 is 27.5 Å². The number of nitrogens with zero attached hydrogens (tertiary/aromatic N) is 2. The van der Waals surface area contributed by atoms with Crippen LogP contribution in [-0.4, -0.2) is 45.2 Å². The van der Waals surface area contributed by atoms with Gasteiger partial charge in [-0.05, 0) is 48.0 Å². The van der Waals surface area contributed by atoms with E-state index < -0.39 is 35.2 Å². The van der Waals surface area contributed by atoms with E-state index >= 15 is 0 Å². The molecule has 0 amide bonds. The molecule has 0 radical (unpaired) electrons. The molecule has 3 heterocycles. The van der Waals surface area contributed by atoms with Gasteiger partial charge >= 0.3 is 17.8 Å². The number of rotatable bonds is 5. The van der Waals surface area contributed by atoms with Gasteiger partial charge in [-0.2, -0.15) is 13.2 Å². The third-order valence-electron chi connectivity index (χ3n) is 5.93. The monoisotopic (exact) mass is 467 g/mol. The number of benzene rings is 1. The Kier molecular flexibility index (Phi) is 5.95. The zero-order valence-electron chi connectivity index (χ0n) is 16.8. The fourth-order valence-electron chi connectivity index (χ4n) is 4.21. The molecule has 32 heavy (non-hydrogen) atoms. The van der Waals surface area contributed by atoms with Crippen molar-refractivity contribution < 1.29 is 23.1 Å². The van der Waals surface area contributed by atoms with E-state index in [0.29, 0.717) is 35.3 Å². The van der Waals surface area contributed by atoms with Gasteiger partial charge in [0.25, 0.3) is 5.56 Å². The fraction of sp³-hybridized carbons (Fsp3) is 0.381. The van der Waals surface area contributed by atoms with Crippen LogP contribution in [0.25, 0.3) is 10.2 Å². The van der Waals surface area contributed by atoms with Gasteiger partial charge in [-0.1, -0.05) is 12.1 Å². The zero-order chi connectivity index (χ0) is 23.0. The number of aromatic amines is 1. The standard InChI is InChI=1S/C21H20F3N3O4S/c22-21(23,24)13-3-1-12(2-4-13)14-5-7-26(11-16(14)19(29)30)8-9-27-18(28)15-6-10-32-17(15)25-20(27)31/h1-4,6,10,14,16H,5,7-9,11H2,(H,25,31)(H,29,30). The quantitative estimate of drug-likeness (QED) is 0.602. The molecular weight excluding hydrogens is 447 g/mol. The molecule has 0 aliphatic carbocycles. The van der Waals surface area contributed by atoms with E-state index in [2.05, 4.69) is 4.98 Å². The van der Waals surface area contributed by atoms with Crippen LogP contribution in [0.4, 0.5) is 13.2 Å². The summed E-state index contributed by atoms with van der Waals surface area (Å²) >= 11 is 1.27. The molecule has 2 atom stereocenters. The first-order valence-corrected chi connectivity index (χ1v) is 10.9. The van der Waals surface area contributed by atoms with Crippen molar-refractivity contribution in [2.45, 2.75) is 25.1 Å². The van der Waals surface area contributed by atoms with Crippen molar-refractivity contribution in [2.75, 3.05) is 19.6 Å². The minimum atomic E-state index is -4.45. The number of aliphatic carboxylic acids is 1. The molecule has 1 aliphatic heterocycles. The predicted octanol–water partition coefficient (Wildman–Crippen LogP) is 2.96. The normalized spacial score (nSPS) is 20.0. The van der Waals surface area contributed by atoms with Gasteiger partial charge in [0, 0.05) is 19.6 Å². The summed E-state index contributed by atoms with van der Waals surface area (Å²) in [6, 6.07) is 6.27. The number of hydrogen-bond acceptors (Lipinski definition) is 5. The molecule has 0 saturated carbocycles. The van der Waals surface area contributed by atoms with E-state index in [1.54, 1.807) is 11.4 Å². The molecule has 7 nitrogen and oxygen atoms in total. The Morgan fingerprint density at radius 3 is 2.53 bits per heavy atom. The summed E-state index contributed by atoms with van der Waals surface area (Å²) in [5.41, 5.74) is -1.12. The van der Waals surface area contributed by atoms with Crippen LogP contribution in [0.1, 0.15) is 23.5 Å². The lowest BCUT2D eigenvalue weighted by Crippen LogP contribution is -2.45. The number of H-pyrrole nitrogens is 1. The Bertz CT molecular complexity index is 1250. The summed E-state index contributed by atoms with van der Waals surface area (Å²) in [5.74, 6) is -2.26. The lowest BCUT2D eigenvalue weighted by atomic mass is 9.80. The lowest BCUT2D eigenvalue weighted by molar-refractivity contribution is -0.144. The second-order valence-corrected chi connectivity index (χ2v) is 8.73. The molecule has 1 aliphatic rings. The first kappa shape index (κ1) is 22.3. The third kappa shape index (κ3) is 4.35. The van der Waals surface area contributed by atoms with E-state index in [4.69, 9.17) is 0 Å². The maximum Gasteiger partial charge on any atom is 0.416 e. The molecule has 2 aromatic heterocycles. The van der Waals surface area contributed by atoms with Crippen LogP contribution >= 0.6 is 11.3 Å². The van der Waals surface area contributed by atoms with E-state index in [1.165, 1.54) is 23.5 Å². The molecule has 0 bridgehead atoms. The number of piperidine rings is 1. The van der Waals surface area contributed by atoms with E-state index in [1.807, 2.05) is 4.90 Å². The second-order valence-electron chi connectivity index (χ2n) is 7.81. The Morgan fingerprint density at radius 1 is 1.16 bits per heavy atom. The number of carboxylic acids is 1. The van der Waals surface area contributed by atoms with Gasteiger partial charge in [-0.25, -0.2) is 4.79 Å². The summed E-state index contributed by atoms with van der Waals surface area (Å²) in [5, 5.41) is 11.9. The molecule has 2 N–H and O–H groups in total. The number of carboxylic acid groups (broad SMARTS) is 1. The summed E-state index contributed by atoms with van der Waals surface area (Å²) in [6.45, 7) is 1.09. The lowest BCUT2D eigenvalue weighted by Gasteiger charge is -2.36. The van der Waals surface area contributed by atoms with Gasteiger partial charge in [0.15, 0.2) is 0 Å². The van der Waals surface area contributed by atoms with Gasteiger partial charge in [0.1, 0.15) is 4.83 Å². The summed E-state index contributed by atoms with van der Waals surface area (Å²) < 4.78 is 39.6. The fourth-order valence-corrected chi connectivity index (χ4v) is 4.98. The number of carbonyl (C=O) groups is 1. The van der Waals surface area contributed by atoms with Crippen molar-refractivity contribution in [3.05, 3.63) is 67.7 Å². The van der Waals surface area contributed by atoms with Crippen molar-refractivity contribution in [3.8, 4) is 0 Å². The molecule has 3 aromatic rings. The minimum absolute atomic E-state index is 0.108. The van der Waals surface area contributed by atoms with Crippen LogP contribution in [0.2, 0.25) is 0 Å². The van der Waals surface area contributed by atoms with Gasteiger partial charge in [-0.3, -0.25) is 19.1 Å². The number of halogens is 3. The van der Waals surface area contributed by atoms with Crippen LogP contribution in [0, 0.1) is 5.92 Å². The zero-order valence-corrected chi connectivity index (χ0v) is 17.6. The summed E-state index contributed by atoms with van der Waals surface area (Å²) in [6.07, 6.45) is -4.01. The van der Waals surface area contributed by atoms with E-state index in [0.717, 1.165) is 16.7 Å². The molecule has 4 rings (SSSR count). The Labute approximate surface area is 183 Å². The number of thiophene rings is 1. The highest BCUT2D eigenvalue weighted by molar-refractivity contribution is 7.16. The van der Waals surface area contributed by atoms with Gasteiger partial charge < -0.3 is 10.0 Å². The van der Waals surface area contributed by atoms with Gasteiger partial charge in [0.05, 0.1) is 16.9 Å². The van der Waals surface area contributed by atoms with Crippen molar-refractivity contribution in [1.82, 2.24) is 14.5 Å². The van der Waals surface area contributed by atoms with Crippen LogP contribution in [0.15, 0.2) is 45.3 Å². The highest BCUT2D eigenvalue weighted by Crippen LogP contribution is 2.35. The predicted molar refractivity (Wildman–Crippen MR) is 113 cm³/mol. The highest BCUT2D eigenvalue weighted by atomic mass is 32.1. The maximum absolute atomic E-state index is 12.8. The molecule has 0 spiro atoms. The molecule has 1 saturated heterocycles. The largest absolute Gasteiger partial charge is 0.481 e. The Hall–Kier alpha value is -2.92. The second kappa shape index (κ2) is 8.55. The number of alkyl halides is 3. The molecular formula is C21H20F3N3O4S. The Balaban J connectivity index is 1.47. The molecule has 11 heteroatoms. The van der Waals surface area contributed by atoms with Crippen molar-refractivity contribution in [2.24, 2.45) is 5.92 Å².